The summed E-state index contributed by atoms with van der Waals surface area (Å²) in [6.07, 6.45) is 1.89. The molecule has 0 unspecified atom stereocenters. The van der Waals surface area contributed by atoms with Crippen molar-refractivity contribution >= 4 is 33.9 Å². The molecule has 98 valence electrons. The Labute approximate surface area is 123 Å². The minimum absolute atomic E-state index is 0.670. The molecule has 4 rings (SSSR count). The average Bonchev–Trinajstić information content (AvgIpc) is 3.17. The lowest BCUT2D eigenvalue weighted by Gasteiger charge is -1.90. The first-order valence-corrected chi connectivity index (χ1v) is 7.34. The van der Waals surface area contributed by atoms with Crippen molar-refractivity contribution in [2.75, 3.05) is 0 Å². The van der Waals surface area contributed by atoms with E-state index in [4.69, 9.17) is 16.0 Å². The number of thiazole rings is 1. The van der Waals surface area contributed by atoms with Gasteiger partial charge in [0.1, 0.15) is 16.3 Å². The normalized spacial score (nSPS) is 11.2. The van der Waals surface area contributed by atoms with Gasteiger partial charge in [0.15, 0.2) is 5.76 Å². The van der Waals surface area contributed by atoms with Crippen LogP contribution in [-0.2, 0) is 0 Å². The predicted octanol–water partition coefficient (Wildman–Crippen LogP) is 5.20. The molecule has 0 bridgehead atoms. The standard InChI is InChI=1S/C15H9ClN2OS/c16-10-4-3-9-6-14(19-13(9)7-10)12-8-20-15(18-12)11-2-1-5-17-11/h1-8,17H. The summed E-state index contributed by atoms with van der Waals surface area (Å²) in [5, 5.41) is 4.64. The molecule has 4 aromatic rings. The van der Waals surface area contributed by atoms with Crippen LogP contribution in [0.5, 0.6) is 0 Å². The lowest BCUT2D eigenvalue weighted by Crippen LogP contribution is -1.76. The van der Waals surface area contributed by atoms with Crippen LogP contribution in [0.2, 0.25) is 5.02 Å². The summed E-state index contributed by atoms with van der Waals surface area (Å²) in [4.78, 5) is 7.75. The highest BCUT2D eigenvalue weighted by atomic mass is 35.5. The van der Waals surface area contributed by atoms with E-state index in [-0.39, 0.29) is 0 Å². The molecule has 20 heavy (non-hydrogen) atoms. The van der Waals surface area contributed by atoms with Gasteiger partial charge >= 0.3 is 0 Å². The van der Waals surface area contributed by atoms with Crippen LogP contribution in [0.25, 0.3) is 33.1 Å². The van der Waals surface area contributed by atoms with E-state index in [2.05, 4.69) is 9.97 Å². The highest BCUT2D eigenvalue weighted by molar-refractivity contribution is 7.13. The van der Waals surface area contributed by atoms with Gasteiger partial charge in [0.2, 0.25) is 0 Å². The molecule has 5 heteroatoms. The molecule has 1 N–H and O–H groups in total. The van der Waals surface area contributed by atoms with Gasteiger partial charge in [0.05, 0.1) is 5.69 Å². The monoisotopic (exact) mass is 300 g/mol. The Morgan fingerprint density at radius 1 is 1.20 bits per heavy atom. The third kappa shape index (κ3) is 1.94. The summed E-state index contributed by atoms with van der Waals surface area (Å²) < 4.78 is 5.82. The van der Waals surface area contributed by atoms with Crippen molar-refractivity contribution in [2.24, 2.45) is 0 Å². The van der Waals surface area contributed by atoms with Gasteiger partial charge < -0.3 is 9.40 Å². The van der Waals surface area contributed by atoms with Crippen LogP contribution in [0, 0.1) is 0 Å². The number of H-pyrrole nitrogens is 1. The number of halogens is 1. The topological polar surface area (TPSA) is 41.8 Å². The first-order valence-electron chi connectivity index (χ1n) is 6.08. The molecule has 0 saturated heterocycles. The summed E-state index contributed by atoms with van der Waals surface area (Å²) >= 11 is 7.55. The molecule has 0 radical (unpaired) electrons. The van der Waals surface area contributed by atoms with E-state index in [0.29, 0.717) is 5.02 Å². The summed E-state index contributed by atoms with van der Waals surface area (Å²) in [6, 6.07) is 11.6. The Morgan fingerprint density at radius 2 is 2.15 bits per heavy atom. The van der Waals surface area contributed by atoms with Gasteiger partial charge in [0.25, 0.3) is 0 Å². The molecule has 0 amide bonds. The maximum absolute atomic E-state index is 5.97. The number of hydrogen-bond donors (Lipinski definition) is 1. The molecule has 3 aromatic heterocycles. The number of nitrogens with zero attached hydrogens (tertiary/aromatic N) is 1. The molecular weight excluding hydrogens is 292 g/mol. The second-order valence-corrected chi connectivity index (χ2v) is 5.71. The molecule has 0 aliphatic carbocycles. The molecule has 0 aliphatic heterocycles. The molecule has 1 aromatic carbocycles. The maximum Gasteiger partial charge on any atom is 0.154 e. The number of hydrogen-bond acceptors (Lipinski definition) is 3. The lowest BCUT2D eigenvalue weighted by atomic mass is 10.2. The van der Waals surface area contributed by atoms with Gasteiger partial charge in [-0.15, -0.1) is 11.3 Å². The highest BCUT2D eigenvalue weighted by Gasteiger charge is 2.11. The highest BCUT2D eigenvalue weighted by Crippen LogP contribution is 2.32. The van der Waals surface area contributed by atoms with Crippen LogP contribution in [0.3, 0.4) is 0 Å². The zero-order valence-electron chi connectivity index (χ0n) is 10.3. The SMILES string of the molecule is Clc1ccc2cc(-c3csc(-c4ccc[nH]4)n3)oc2c1. The largest absolute Gasteiger partial charge is 0.454 e. The van der Waals surface area contributed by atoms with Crippen LogP contribution in [0.4, 0.5) is 0 Å². The number of nitrogens with one attached hydrogen (secondary N) is 1. The van der Waals surface area contributed by atoms with E-state index in [1.807, 2.05) is 48.0 Å². The molecule has 0 aliphatic rings. The van der Waals surface area contributed by atoms with Gasteiger partial charge in [-0.2, -0.15) is 0 Å². The van der Waals surface area contributed by atoms with Gasteiger partial charge in [-0.1, -0.05) is 11.6 Å². The van der Waals surface area contributed by atoms with Crippen molar-refractivity contribution in [3.63, 3.8) is 0 Å². The number of aromatic amines is 1. The lowest BCUT2D eigenvalue weighted by molar-refractivity contribution is 0.629. The van der Waals surface area contributed by atoms with E-state index < -0.39 is 0 Å². The summed E-state index contributed by atoms with van der Waals surface area (Å²) in [7, 11) is 0. The summed E-state index contributed by atoms with van der Waals surface area (Å²) in [6.45, 7) is 0. The van der Waals surface area contributed by atoms with Gasteiger partial charge in [-0.3, -0.25) is 0 Å². The zero-order valence-corrected chi connectivity index (χ0v) is 11.8. The molecular formula is C15H9ClN2OS. The van der Waals surface area contributed by atoms with E-state index in [1.54, 1.807) is 11.3 Å². The van der Waals surface area contributed by atoms with E-state index in [1.165, 1.54) is 0 Å². The Hall–Kier alpha value is -2.04. The van der Waals surface area contributed by atoms with Crippen LogP contribution in [0.1, 0.15) is 0 Å². The summed E-state index contributed by atoms with van der Waals surface area (Å²) in [5.41, 5.74) is 2.63. The van der Waals surface area contributed by atoms with Gasteiger partial charge in [-0.05, 0) is 30.3 Å². The molecule has 0 spiro atoms. The van der Waals surface area contributed by atoms with E-state index in [9.17, 15) is 0 Å². The Balaban J connectivity index is 1.79. The number of furan rings is 1. The first kappa shape index (κ1) is 11.8. The third-order valence-electron chi connectivity index (χ3n) is 3.07. The zero-order chi connectivity index (χ0) is 13.5. The van der Waals surface area contributed by atoms with Crippen LogP contribution < -0.4 is 0 Å². The predicted molar refractivity (Wildman–Crippen MR) is 82.1 cm³/mol. The van der Waals surface area contributed by atoms with Crippen molar-refractivity contribution in [1.29, 1.82) is 0 Å². The summed E-state index contributed by atoms with van der Waals surface area (Å²) in [5.74, 6) is 0.760. The quantitative estimate of drug-likeness (QED) is 0.552. The Morgan fingerprint density at radius 3 is 3.00 bits per heavy atom. The fourth-order valence-corrected chi connectivity index (χ4v) is 3.06. The van der Waals surface area contributed by atoms with Crippen molar-refractivity contribution < 1.29 is 4.42 Å². The fourth-order valence-electron chi connectivity index (χ4n) is 2.11. The molecule has 3 heterocycles. The van der Waals surface area contributed by atoms with E-state index >= 15 is 0 Å². The van der Waals surface area contributed by atoms with Crippen molar-refractivity contribution in [3.8, 4) is 22.2 Å². The molecule has 3 nitrogen and oxygen atoms in total. The average molecular weight is 301 g/mol. The number of benzene rings is 1. The minimum atomic E-state index is 0.670. The molecule has 0 atom stereocenters. The van der Waals surface area contributed by atoms with Crippen LogP contribution in [-0.4, -0.2) is 9.97 Å². The molecule has 0 fully saturated rings. The second kappa shape index (κ2) is 4.51. The van der Waals surface area contributed by atoms with Crippen LogP contribution in [0.15, 0.2) is 52.4 Å². The molecule has 0 saturated carbocycles. The third-order valence-corrected chi connectivity index (χ3v) is 4.18. The Bertz CT molecular complexity index is 876. The van der Waals surface area contributed by atoms with Gasteiger partial charge in [-0.25, -0.2) is 4.98 Å². The minimum Gasteiger partial charge on any atom is -0.454 e. The first-order chi connectivity index (χ1) is 9.79. The van der Waals surface area contributed by atoms with Crippen molar-refractivity contribution in [2.45, 2.75) is 0 Å². The Kier molecular flexibility index (Phi) is 2.65. The van der Waals surface area contributed by atoms with E-state index in [0.717, 1.165) is 33.1 Å². The number of aromatic nitrogens is 2. The number of fused-ring (bicyclic) bond motifs is 1. The van der Waals surface area contributed by atoms with Crippen molar-refractivity contribution in [1.82, 2.24) is 9.97 Å². The maximum atomic E-state index is 5.97. The smallest absolute Gasteiger partial charge is 0.154 e. The van der Waals surface area contributed by atoms with Gasteiger partial charge in [0, 0.05) is 28.1 Å². The number of rotatable bonds is 2. The van der Waals surface area contributed by atoms with Crippen molar-refractivity contribution in [3.05, 3.63) is 53.0 Å². The second-order valence-electron chi connectivity index (χ2n) is 4.41. The fraction of sp³-hybridized carbons (Fsp3) is 0. The van der Waals surface area contributed by atoms with Crippen LogP contribution >= 0.6 is 22.9 Å².